The van der Waals surface area contributed by atoms with E-state index in [9.17, 15) is 5.11 Å². The molecule has 138 valence electrons. The molecule has 2 fully saturated rings. The van der Waals surface area contributed by atoms with E-state index in [-0.39, 0.29) is 5.75 Å². The summed E-state index contributed by atoms with van der Waals surface area (Å²) in [5.41, 5.74) is 2.40. The summed E-state index contributed by atoms with van der Waals surface area (Å²) in [7, 11) is 2.19. The molecule has 0 bridgehead atoms. The van der Waals surface area contributed by atoms with Crippen molar-refractivity contribution in [1.29, 1.82) is 0 Å². The number of phenolic OH excluding ortho intramolecular Hbond substituents is 1. The SMILES string of the molecule is CCc1cc(Cl)cc(O)c1-c1ccc(N2CC[C@@H]3CCN(C)C[C@@H]32)nn1. The average Bonchev–Trinajstić information content (AvgIpc) is 3.04. The number of benzene rings is 1. The lowest BCUT2D eigenvalue weighted by Gasteiger charge is -2.36. The van der Waals surface area contributed by atoms with Crippen LogP contribution in [0.15, 0.2) is 24.3 Å². The summed E-state index contributed by atoms with van der Waals surface area (Å²) < 4.78 is 0. The van der Waals surface area contributed by atoms with Gasteiger partial charge in [0.2, 0.25) is 0 Å². The zero-order chi connectivity index (χ0) is 18.3. The topological polar surface area (TPSA) is 52.5 Å². The second-order valence-electron chi connectivity index (χ2n) is 7.45. The summed E-state index contributed by atoms with van der Waals surface area (Å²) in [6.07, 6.45) is 3.27. The Morgan fingerprint density at radius 1 is 1.19 bits per heavy atom. The standard InChI is InChI=1S/C20H25ClN4O/c1-3-13-10-15(21)11-18(26)20(13)16-4-5-19(23-22-16)25-9-7-14-6-8-24(2)12-17(14)25/h4-5,10-11,14,17,26H,3,6-9,12H2,1-2H3/t14-,17-/m0/s1. The van der Waals surface area contributed by atoms with Crippen LogP contribution in [0.4, 0.5) is 5.82 Å². The molecule has 2 aliphatic heterocycles. The molecule has 0 radical (unpaired) electrons. The highest BCUT2D eigenvalue weighted by molar-refractivity contribution is 6.31. The number of halogens is 1. The van der Waals surface area contributed by atoms with Gasteiger partial charge in [-0.25, -0.2) is 0 Å². The van der Waals surface area contributed by atoms with Crippen molar-refractivity contribution in [2.75, 3.05) is 31.6 Å². The molecule has 0 unspecified atom stereocenters. The van der Waals surface area contributed by atoms with Crippen molar-refractivity contribution in [1.82, 2.24) is 15.1 Å². The van der Waals surface area contributed by atoms with Crippen molar-refractivity contribution in [2.45, 2.75) is 32.2 Å². The number of piperidine rings is 1. The minimum absolute atomic E-state index is 0.159. The van der Waals surface area contributed by atoms with Crippen LogP contribution < -0.4 is 4.90 Å². The van der Waals surface area contributed by atoms with E-state index in [0.717, 1.165) is 42.4 Å². The van der Waals surface area contributed by atoms with Gasteiger partial charge in [-0.15, -0.1) is 10.2 Å². The molecule has 0 amide bonds. The van der Waals surface area contributed by atoms with E-state index < -0.39 is 0 Å². The van der Waals surface area contributed by atoms with Gasteiger partial charge in [0.25, 0.3) is 0 Å². The molecule has 0 spiro atoms. The van der Waals surface area contributed by atoms with Gasteiger partial charge in [-0.2, -0.15) is 0 Å². The molecule has 1 aromatic heterocycles. The number of rotatable bonds is 3. The Hall–Kier alpha value is -1.85. The number of hydrogen-bond donors (Lipinski definition) is 1. The van der Waals surface area contributed by atoms with Gasteiger partial charge in [-0.1, -0.05) is 18.5 Å². The van der Waals surface area contributed by atoms with Gasteiger partial charge < -0.3 is 14.9 Å². The molecule has 26 heavy (non-hydrogen) atoms. The first kappa shape index (κ1) is 17.6. The van der Waals surface area contributed by atoms with Gasteiger partial charge in [-0.3, -0.25) is 0 Å². The van der Waals surface area contributed by atoms with Crippen LogP contribution in [-0.2, 0) is 6.42 Å². The summed E-state index contributed by atoms with van der Waals surface area (Å²) in [6, 6.07) is 7.98. The minimum atomic E-state index is 0.159. The summed E-state index contributed by atoms with van der Waals surface area (Å²) >= 11 is 6.07. The van der Waals surface area contributed by atoms with Crippen LogP contribution in [-0.4, -0.2) is 52.9 Å². The van der Waals surface area contributed by atoms with Gasteiger partial charge in [0, 0.05) is 29.7 Å². The fourth-order valence-corrected chi connectivity index (χ4v) is 4.65. The maximum absolute atomic E-state index is 10.4. The quantitative estimate of drug-likeness (QED) is 0.892. The molecule has 4 rings (SSSR count). The molecule has 2 atom stereocenters. The zero-order valence-electron chi connectivity index (χ0n) is 15.3. The smallest absolute Gasteiger partial charge is 0.151 e. The third-order valence-corrected chi connectivity index (χ3v) is 6.03. The highest BCUT2D eigenvalue weighted by Gasteiger charge is 2.38. The zero-order valence-corrected chi connectivity index (χ0v) is 16.1. The van der Waals surface area contributed by atoms with E-state index in [1.54, 1.807) is 6.07 Å². The average molecular weight is 373 g/mol. The molecule has 5 nitrogen and oxygen atoms in total. The van der Waals surface area contributed by atoms with Crippen molar-refractivity contribution in [3.8, 4) is 17.0 Å². The van der Waals surface area contributed by atoms with E-state index >= 15 is 0 Å². The molecule has 1 aromatic carbocycles. The molecule has 2 aromatic rings. The molecule has 2 aliphatic rings. The first-order valence-electron chi connectivity index (χ1n) is 9.37. The van der Waals surface area contributed by atoms with Crippen LogP contribution in [0.5, 0.6) is 5.75 Å². The first-order chi connectivity index (χ1) is 12.6. The fourth-order valence-electron chi connectivity index (χ4n) is 4.42. The Bertz CT molecular complexity index is 795. The summed E-state index contributed by atoms with van der Waals surface area (Å²) in [5, 5.41) is 19.8. The van der Waals surface area contributed by atoms with Gasteiger partial charge in [-0.05, 0) is 68.6 Å². The van der Waals surface area contributed by atoms with Crippen LogP contribution >= 0.6 is 11.6 Å². The molecule has 0 saturated carbocycles. The maximum atomic E-state index is 10.4. The van der Waals surface area contributed by atoms with Gasteiger partial charge in [0.15, 0.2) is 5.82 Å². The van der Waals surface area contributed by atoms with Crippen molar-refractivity contribution in [3.05, 3.63) is 34.9 Å². The summed E-state index contributed by atoms with van der Waals surface area (Å²) in [5.74, 6) is 1.86. The highest BCUT2D eigenvalue weighted by atomic mass is 35.5. The molecular formula is C20H25ClN4O. The lowest BCUT2D eigenvalue weighted by molar-refractivity contribution is 0.207. The molecule has 2 saturated heterocycles. The molecular weight excluding hydrogens is 348 g/mol. The number of aromatic hydroxyl groups is 1. The highest BCUT2D eigenvalue weighted by Crippen LogP contribution is 2.37. The second-order valence-corrected chi connectivity index (χ2v) is 7.89. The minimum Gasteiger partial charge on any atom is -0.507 e. The molecule has 0 aliphatic carbocycles. The largest absolute Gasteiger partial charge is 0.507 e. The van der Waals surface area contributed by atoms with E-state index in [1.807, 2.05) is 25.1 Å². The Balaban J connectivity index is 1.62. The van der Waals surface area contributed by atoms with E-state index in [4.69, 9.17) is 11.6 Å². The van der Waals surface area contributed by atoms with Gasteiger partial charge in [0.1, 0.15) is 5.75 Å². The number of anilines is 1. The number of fused-ring (bicyclic) bond motifs is 1. The van der Waals surface area contributed by atoms with Crippen LogP contribution in [0.1, 0.15) is 25.3 Å². The fraction of sp³-hybridized carbons (Fsp3) is 0.500. The lowest BCUT2D eigenvalue weighted by Crippen LogP contribution is -2.47. The van der Waals surface area contributed by atoms with Crippen molar-refractivity contribution in [2.24, 2.45) is 5.92 Å². The first-order valence-corrected chi connectivity index (χ1v) is 9.75. The van der Waals surface area contributed by atoms with Crippen LogP contribution in [0.25, 0.3) is 11.3 Å². The van der Waals surface area contributed by atoms with E-state index in [0.29, 0.717) is 16.8 Å². The van der Waals surface area contributed by atoms with Crippen molar-refractivity contribution < 1.29 is 5.11 Å². The normalized spacial score (nSPS) is 23.3. The van der Waals surface area contributed by atoms with Crippen LogP contribution in [0.3, 0.4) is 0 Å². The van der Waals surface area contributed by atoms with Crippen molar-refractivity contribution >= 4 is 17.4 Å². The number of hydrogen-bond acceptors (Lipinski definition) is 5. The Kier molecular flexibility index (Phi) is 4.76. The maximum Gasteiger partial charge on any atom is 0.151 e. The predicted molar refractivity (Wildman–Crippen MR) is 105 cm³/mol. The molecule has 3 heterocycles. The monoisotopic (exact) mass is 372 g/mol. The molecule has 1 N–H and O–H groups in total. The lowest BCUT2D eigenvalue weighted by atomic mass is 9.92. The Labute approximate surface area is 159 Å². The third-order valence-electron chi connectivity index (χ3n) is 5.81. The van der Waals surface area contributed by atoms with Crippen LogP contribution in [0.2, 0.25) is 5.02 Å². The number of likely N-dealkylation sites (N-methyl/N-ethyl adjacent to an activating group) is 1. The Morgan fingerprint density at radius 2 is 2.00 bits per heavy atom. The number of aromatic nitrogens is 2. The Morgan fingerprint density at radius 3 is 2.73 bits per heavy atom. The van der Waals surface area contributed by atoms with Crippen molar-refractivity contribution in [3.63, 3.8) is 0 Å². The van der Waals surface area contributed by atoms with Gasteiger partial charge in [0.05, 0.1) is 5.69 Å². The summed E-state index contributed by atoms with van der Waals surface area (Å²) in [4.78, 5) is 4.81. The predicted octanol–water partition coefficient (Wildman–Crippen LogP) is 3.60. The number of nitrogens with zero attached hydrogens (tertiary/aromatic N) is 4. The third kappa shape index (κ3) is 3.14. The number of likely N-dealkylation sites (tertiary alicyclic amines) is 1. The summed E-state index contributed by atoms with van der Waals surface area (Å²) in [6.45, 7) is 5.37. The molecule has 6 heteroatoms. The number of aryl methyl sites for hydroxylation is 1. The van der Waals surface area contributed by atoms with Crippen LogP contribution in [0, 0.1) is 5.92 Å². The number of phenols is 1. The van der Waals surface area contributed by atoms with E-state index in [1.165, 1.54) is 19.4 Å². The van der Waals surface area contributed by atoms with E-state index in [2.05, 4.69) is 27.0 Å². The van der Waals surface area contributed by atoms with Gasteiger partial charge >= 0.3 is 0 Å². The second kappa shape index (κ2) is 7.05.